The highest BCUT2D eigenvalue weighted by atomic mass is 32.2. The fourth-order valence-corrected chi connectivity index (χ4v) is 4.04. The minimum absolute atomic E-state index is 0.0171. The number of carbonyl (C=O) groups excluding carboxylic acids is 4. The lowest BCUT2D eigenvalue weighted by Crippen LogP contribution is -2.36. The van der Waals surface area contributed by atoms with E-state index < -0.39 is 29.6 Å². The second-order valence-corrected chi connectivity index (χ2v) is 8.19. The summed E-state index contributed by atoms with van der Waals surface area (Å²) in [5, 5.41) is 13.2. The molecule has 33 heavy (non-hydrogen) atoms. The molecular weight excluding hydrogens is 444 g/mol. The Kier molecular flexibility index (Phi) is 6.14. The van der Waals surface area contributed by atoms with E-state index in [1.54, 1.807) is 48.5 Å². The molecule has 9 heteroatoms. The fraction of sp³-hybridized carbons (Fsp3) is 0.0833. The molecule has 1 fully saturated rings. The van der Waals surface area contributed by atoms with Crippen molar-refractivity contribution in [3.05, 3.63) is 82.5 Å². The van der Waals surface area contributed by atoms with Gasteiger partial charge in [-0.15, -0.1) is 0 Å². The Hall–Kier alpha value is -4.11. The van der Waals surface area contributed by atoms with Crippen molar-refractivity contribution in [2.75, 3.05) is 11.9 Å². The lowest BCUT2D eigenvalue weighted by molar-refractivity contribution is -0.255. The molecule has 0 atom stereocenters. The number of rotatable bonds is 6. The molecule has 1 aliphatic rings. The maximum atomic E-state index is 12.7. The Morgan fingerprint density at radius 2 is 1.85 bits per heavy atom. The number of amides is 3. The van der Waals surface area contributed by atoms with Crippen LogP contribution in [0.4, 0.5) is 10.5 Å². The standard InChI is InChI=1S/C24H18N2O6S/c1-14-7-8-15(23(29)30)11-18(14)19-10-9-17(32-19)12-20-22(28)26(24(31)33-20)13-21(27)25-16-5-3-2-4-6-16/h2-12H,13H2,1H3,(H,25,27)(H,29,30)/p-1/b20-12+. The number of hydrogen-bond acceptors (Lipinski definition) is 7. The summed E-state index contributed by atoms with van der Waals surface area (Å²) in [5.74, 6) is -1.67. The minimum Gasteiger partial charge on any atom is -0.545 e. The molecule has 0 bridgehead atoms. The molecule has 0 spiro atoms. The molecule has 0 saturated carbocycles. The van der Waals surface area contributed by atoms with Crippen molar-refractivity contribution < 1.29 is 28.7 Å². The predicted molar refractivity (Wildman–Crippen MR) is 121 cm³/mol. The zero-order valence-electron chi connectivity index (χ0n) is 17.4. The molecule has 1 aromatic heterocycles. The lowest BCUT2D eigenvalue weighted by Gasteiger charge is -2.12. The Bertz CT molecular complexity index is 1300. The van der Waals surface area contributed by atoms with Gasteiger partial charge in [0.05, 0.1) is 10.9 Å². The summed E-state index contributed by atoms with van der Waals surface area (Å²) in [7, 11) is 0. The van der Waals surface area contributed by atoms with Crippen LogP contribution in [-0.2, 0) is 9.59 Å². The van der Waals surface area contributed by atoms with Gasteiger partial charge in [0, 0.05) is 17.3 Å². The van der Waals surface area contributed by atoms with Gasteiger partial charge in [0.25, 0.3) is 11.1 Å². The summed E-state index contributed by atoms with van der Waals surface area (Å²) in [6, 6.07) is 16.5. The zero-order valence-corrected chi connectivity index (χ0v) is 18.2. The number of furan rings is 1. The first kappa shape index (κ1) is 22.1. The van der Waals surface area contributed by atoms with E-state index in [1.165, 1.54) is 18.2 Å². The maximum absolute atomic E-state index is 12.7. The van der Waals surface area contributed by atoms with Gasteiger partial charge in [-0.2, -0.15) is 0 Å². The number of hydrogen-bond donors (Lipinski definition) is 1. The number of nitrogens with one attached hydrogen (secondary N) is 1. The van der Waals surface area contributed by atoms with E-state index in [4.69, 9.17) is 4.42 Å². The van der Waals surface area contributed by atoms with Crippen molar-refractivity contribution in [2.24, 2.45) is 0 Å². The molecule has 1 N–H and O–H groups in total. The second kappa shape index (κ2) is 9.17. The third-order valence-corrected chi connectivity index (χ3v) is 5.78. The molecule has 8 nitrogen and oxygen atoms in total. The number of aromatic carboxylic acids is 1. The van der Waals surface area contributed by atoms with Crippen LogP contribution in [0.3, 0.4) is 0 Å². The summed E-state index contributed by atoms with van der Waals surface area (Å²) < 4.78 is 5.76. The number of para-hydroxylation sites is 1. The SMILES string of the molecule is Cc1ccc(C(=O)[O-])cc1-c1ccc(/C=C2/SC(=O)N(CC(=O)Nc3ccccc3)C2=O)o1. The quantitative estimate of drug-likeness (QED) is 0.559. The molecule has 0 unspecified atom stereocenters. The minimum atomic E-state index is -1.30. The highest BCUT2D eigenvalue weighted by Crippen LogP contribution is 2.34. The molecule has 4 rings (SSSR count). The van der Waals surface area contributed by atoms with Gasteiger partial charge < -0.3 is 19.6 Å². The van der Waals surface area contributed by atoms with Crippen LogP contribution >= 0.6 is 11.8 Å². The average molecular weight is 461 g/mol. The smallest absolute Gasteiger partial charge is 0.294 e. The van der Waals surface area contributed by atoms with E-state index in [2.05, 4.69) is 5.32 Å². The molecule has 1 aliphatic heterocycles. The summed E-state index contributed by atoms with van der Waals surface area (Å²) in [6.45, 7) is 1.40. The Balaban J connectivity index is 1.49. The fourth-order valence-electron chi connectivity index (χ4n) is 3.22. The summed E-state index contributed by atoms with van der Waals surface area (Å²) in [6.07, 6.45) is 1.42. The maximum Gasteiger partial charge on any atom is 0.294 e. The van der Waals surface area contributed by atoms with Crippen molar-refractivity contribution in [3.8, 4) is 11.3 Å². The van der Waals surface area contributed by atoms with Crippen LogP contribution in [-0.4, -0.2) is 34.5 Å². The van der Waals surface area contributed by atoms with E-state index in [0.717, 1.165) is 10.5 Å². The van der Waals surface area contributed by atoms with Gasteiger partial charge in [-0.1, -0.05) is 30.3 Å². The summed E-state index contributed by atoms with van der Waals surface area (Å²) in [4.78, 5) is 49.4. The molecule has 1 saturated heterocycles. The highest BCUT2D eigenvalue weighted by molar-refractivity contribution is 8.18. The van der Waals surface area contributed by atoms with Gasteiger partial charge in [-0.25, -0.2) is 0 Å². The number of carboxylic acid groups (broad SMARTS) is 1. The topological polar surface area (TPSA) is 120 Å². The first-order valence-electron chi connectivity index (χ1n) is 9.84. The van der Waals surface area contributed by atoms with E-state index >= 15 is 0 Å². The number of benzene rings is 2. The number of anilines is 1. The van der Waals surface area contributed by atoms with Crippen molar-refractivity contribution in [1.82, 2.24) is 4.90 Å². The number of thioether (sulfide) groups is 1. The second-order valence-electron chi connectivity index (χ2n) is 7.20. The largest absolute Gasteiger partial charge is 0.545 e. The summed E-state index contributed by atoms with van der Waals surface area (Å²) >= 11 is 0.712. The van der Waals surface area contributed by atoms with E-state index in [1.807, 2.05) is 6.92 Å². The van der Waals surface area contributed by atoms with Crippen LogP contribution in [0.5, 0.6) is 0 Å². The molecular formula is C24H17N2O6S-. The van der Waals surface area contributed by atoms with Crippen molar-refractivity contribution in [2.45, 2.75) is 6.92 Å². The number of carbonyl (C=O) groups is 4. The number of imide groups is 1. The number of nitrogens with zero attached hydrogens (tertiary/aromatic N) is 1. The van der Waals surface area contributed by atoms with Crippen LogP contribution in [0.2, 0.25) is 0 Å². The predicted octanol–water partition coefficient (Wildman–Crippen LogP) is 3.29. The molecule has 2 aromatic carbocycles. The average Bonchev–Trinajstić information content (AvgIpc) is 3.35. The van der Waals surface area contributed by atoms with Gasteiger partial charge in [0.1, 0.15) is 18.1 Å². The van der Waals surface area contributed by atoms with E-state index in [-0.39, 0.29) is 10.5 Å². The first-order chi connectivity index (χ1) is 15.8. The van der Waals surface area contributed by atoms with Crippen LogP contribution in [0.15, 0.2) is 70.0 Å². The Morgan fingerprint density at radius 1 is 1.09 bits per heavy atom. The van der Waals surface area contributed by atoms with Gasteiger partial charge in [-0.3, -0.25) is 19.3 Å². The summed E-state index contributed by atoms with van der Waals surface area (Å²) in [5.41, 5.74) is 1.95. The lowest BCUT2D eigenvalue weighted by atomic mass is 10.0. The van der Waals surface area contributed by atoms with Crippen molar-refractivity contribution in [3.63, 3.8) is 0 Å². The van der Waals surface area contributed by atoms with Crippen LogP contribution < -0.4 is 10.4 Å². The number of carboxylic acids is 1. The third-order valence-electron chi connectivity index (χ3n) is 4.87. The monoisotopic (exact) mass is 461 g/mol. The van der Waals surface area contributed by atoms with Gasteiger partial charge in [-0.05, 0) is 60.1 Å². The van der Waals surface area contributed by atoms with Crippen LogP contribution in [0, 0.1) is 6.92 Å². The van der Waals surface area contributed by atoms with Gasteiger partial charge in [0.15, 0.2) is 0 Å². The number of aryl methyl sites for hydroxylation is 1. The molecule has 2 heterocycles. The van der Waals surface area contributed by atoms with Crippen LogP contribution in [0.1, 0.15) is 21.7 Å². The van der Waals surface area contributed by atoms with E-state index in [9.17, 15) is 24.3 Å². The highest BCUT2D eigenvalue weighted by Gasteiger charge is 2.36. The Labute approximate surface area is 192 Å². The molecule has 0 radical (unpaired) electrons. The van der Waals surface area contributed by atoms with Crippen LogP contribution in [0.25, 0.3) is 17.4 Å². The third kappa shape index (κ3) is 4.88. The normalized spacial score (nSPS) is 14.7. The molecule has 166 valence electrons. The van der Waals surface area contributed by atoms with Gasteiger partial charge in [0.2, 0.25) is 5.91 Å². The molecule has 0 aliphatic carbocycles. The van der Waals surface area contributed by atoms with E-state index in [0.29, 0.717) is 34.5 Å². The van der Waals surface area contributed by atoms with Gasteiger partial charge >= 0.3 is 0 Å². The molecule has 3 amide bonds. The zero-order chi connectivity index (χ0) is 23.5. The Morgan fingerprint density at radius 3 is 2.58 bits per heavy atom. The van der Waals surface area contributed by atoms with Crippen molar-refractivity contribution >= 4 is 46.5 Å². The molecule has 3 aromatic rings. The van der Waals surface area contributed by atoms with Crippen molar-refractivity contribution in [1.29, 1.82) is 0 Å². The first-order valence-corrected chi connectivity index (χ1v) is 10.7.